The molecular weight excluding hydrogens is 230 g/mol. The zero-order chi connectivity index (χ0) is 12.8. The summed E-state index contributed by atoms with van der Waals surface area (Å²) < 4.78 is 10.1. The Morgan fingerprint density at radius 2 is 1.89 bits per heavy atom. The minimum absolute atomic E-state index is 0.0731. The van der Waals surface area contributed by atoms with Crippen LogP contribution in [0.1, 0.15) is 6.42 Å². The molecule has 2 atom stereocenters. The lowest BCUT2D eigenvalue weighted by molar-refractivity contribution is -0.134. The predicted octanol–water partition coefficient (Wildman–Crippen LogP) is 1.52. The summed E-state index contributed by atoms with van der Waals surface area (Å²) in [6.07, 6.45) is 0.896. The number of methoxy groups -OCH3 is 1. The lowest BCUT2D eigenvalue weighted by Crippen LogP contribution is -2.30. The van der Waals surface area contributed by atoms with Crippen molar-refractivity contribution in [3.63, 3.8) is 0 Å². The van der Waals surface area contributed by atoms with E-state index in [0.29, 0.717) is 26.0 Å². The number of fused-ring (bicyclic) bond motifs is 1. The fraction of sp³-hybridized carbons (Fsp3) is 0.500. The Morgan fingerprint density at radius 3 is 2.39 bits per heavy atom. The van der Waals surface area contributed by atoms with Crippen LogP contribution < -0.4 is 0 Å². The van der Waals surface area contributed by atoms with Gasteiger partial charge in [-0.2, -0.15) is 0 Å². The molecule has 18 heavy (non-hydrogen) atoms. The third-order valence-electron chi connectivity index (χ3n) is 3.20. The number of benzene rings is 1. The Morgan fingerprint density at radius 1 is 1.28 bits per heavy atom. The van der Waals surface area contributed by atoms with Crippen molar-refractivity contribution in [3.8, 4) is 0 Å². The van der Waals surface area contributed by atoms with Crippen LogP contribution in [-0.2, 0) is 14.3 Å². The van der Waals surface area contributed by atoms with Gasteiger partial charge in [-0.05, 0) is 6.42 Å². The molecule has 1 amide bonds. The fourth-order valence-corrected chi connectivity index (χ4v) is 2.31. The van der Waals surface area contributed by atoms with Crippen LogP contribution in [0.15, 0.2) is 36.4 Å². The molecule has 1 aromatic carbocycles. The van der Waals surface area contributed by atoms with E-state index in [0.717, 1.165) is 6.42 Å². The van der Waals surface area contributed by atoms with E-state index in [1.54, 1.807) is 7.11 Å². The maximum atomic E-state index is 11.5. The summed E-state index contributed by atoms with van der Waals surface area (Å²) in [6.45, 7) is 1.72. The summed E-state index contributed by atoms with van der Waals surface area (Å²) in [6, 6.07) is 12.3. The SMILES string of the molecule is COCC1CC2COCN2C1=O.c1ccccc1. The van der Waals surface area contributed by atoms with Gasteiger partial charge in [0.05, 0.1) is 25.2 Å². The second-order valence-corrected chi connectivity index (χ2v) is 4.50. The lowest BCUT2D eigenvalue weighted by Gasteiger charge is -2.11. The Kier molecular flexibility index (Phi) is 4.73. The van der Waals surface area contributed by atoms with E-state index in [1.807, 2.05) is 41.3 Å². The fourth-order valence-electron chi connectivity index (χ4n) is 2.31. The molecule has 1 aromatic rings. The van der Waals surface area contributed by atoms with E-state index >= 15 is 0 Å². The first kappa shape index (κ1) is 13.1. The van der Waals surface area contributed by atoms with Crippen molar-refractivity contribution >= 4 is 5.91 Å². The number of hydrogen-bond acceptors (Lipinski definition) is 3. The molecule has 2 saturated heterocycles. The zero-order valence-electron chi connectivity index (χ0n) is 10.6. The summed E-state index contributed by atoms with van der Waals surface area (Å²) >= 11 is 0. The minimum atomic E-state index is 0.0731. The van der Waals surface area contributed by atoms with E-state index in [9.17, 15) is 4.79 Å². The van der Waals surface area contributed by atoms with Crippen molar-refractivity contribution in [2.24, 2.45) is 5.92 Å². The molecule has 0 aromatic heterocycles. The molecular formula is C14H19NO3. The van der Waals surface area contributed by atoms with Crippen molar-refractivity contribution in [1.29, 1.82) is 0 Å². The van der Waals surface area contributed by atoms with Gasteiger partial charge in [0.1, 0.15) is 6.73 Å². The van der Waals surface area contributed by atoms with Crippen molar-refractivity contribution < 1.29 is 14.3 Å². The van der Waals surface area contributed by atoms with Crippen LogP contribution in [0.5, 0.6) is 0 Å². The van der Waals surface area contributed by atoms with Crippen molar-refractivity contribution in [1.82, 2.24) is 4.90 Å². The number of carbonyl (C=O) groups excluding carboxylic acids is 1. The smallest absolute Gasteiger partial charge is 0.230 e. The summed E-state index contributed by atoms with van der Waals surface area (Å²) in [4.78, 5) is 13.4. The van der Waals surface area contributed by atoms with Crippen molar-refractivity contribution in [2.75, 3.05) is 27.1 Å². The van der Waals surface area contributed by atoms with Gasteiger partial charge < -0.3 is 14.4 Å². The third kappa shape index (κ3) is 3.09. The van der Waals surface area contributed by atoms with E-state index < -0.39 is 0 Å². The molecule has 0 bridgehead atoms. The van der Waals surface area contributed by atoms with Crippen LogP contribution in [0.25, 0.3) is 0 Å². The largest absolute Gasteiger partial charge is 0.384 e. The van der Waals surface area contributed by atoms with E-state index in [2.05, 4.69) is 0 Å². The molecule has 98 valence electrons. The molecule has 2 fully saturated rings. The first-order valence-corrected chi connectivity index (χ1v) is 6.20. The molecule has 0 saturated carbocycles. The van der Waals surface area contributed by atoms with Gasteiger partial charge in [0.15, 0.2) is 0 Å². The predicted molar refractivity (Wildman–Crippen MR) is 67.9 cm³/mol. The van der Waals surface area contributed by atoms with Crippen LogP contribution in [0.2, 0.25) is 0 Å². The number of amides is 1. The van der Waals surface area contributed by atoms with Gasteiger partial charge in [-0.1, -0.05) is 36.4 Å². The summed E-state index contributed by atoms with van der Waals surface area (Å²) in [5.74, 6) is 0.267. The summed E-state index contributed by atoms with van der Waals surface area (Å²) in [5.41, 5.74) is 0. The molecule has 2 unspecified atom stereocenters. The number of hydrogen-bond donors (Lipinski definition) is 0. The van der Waals surface area contributed by atoms with Crippen LogP contribution in [0.3, 0.4) is 0 Å². The number of nitrogens with zero attached hydrogens (tertiary/aromatic N) is 1. The van der Waals surface area contributed by atoms with E-state index in [-0.39, 0.29) is 11.8 Å². The lowest BCUT2D eigenvalue weighted by atomic mass is 10.1. The molecule has 2 aliphatic rings. The maximum Gasteiger partial charge on any atom is 0.230 e. The Labute approximate surface area is 107 Å². The first-order valence-electron chi connectivity index (χ1n) is 6.20. The molecule has 2 aliphatic heterocycles. The highest BCUT2D eigenvalue weighted by Crippen LogP contribution is 2.28. The van der Waals surface area contributed by atoms with E-state index in [4.69, 9.17) is 9.47 Å². The van der Waals surface area contributed by atoms with E-state index in [1.165, 1.54) is 0 Å². The Hall–Kier alpha value is -1.39. The van der Waals surface area contributed by atoms with Gasteiger partial charge in [-0.3, -0.25) is 4.79 Å². The van der Waals surface area contributed by atoms with Gasteiger partial charge >= 0.3 is 0 Å². The second kappa shape index (κ2) is 6.52. The topological polar surface area (TPSA) is 38.8 Å². The van der Waals surface area contributed by atoms with Gasteiger partial charge in [-0.15, -0.1) is 0 Å². The second-order valence-electron chi connectivity index (χ2n) is 4.50. The van der Waals surface area contributed by atoms with Gasteiger partial charge in [-0.25, -0.2) is 0 Å². The molecule has 4 heteroatoms. The van der Waals surface area contributed by atoms with Gasteiger partial charge in [0.25, 0.3) is 0 Å². The minimum Gasteiger partial charge on any atom is -0.384 e. The standard InChI is InChI=1S/C8H13NO3.C6H6/c1-11-3-6-2-7-4-12-5-9(7)8(6)10;1-2-4-6-5-3-1/h6-7H,2-5H2,1H3;1-6H. The monoisotopic (exact) mass is 249 g/mol. The van der Waals surface area contributed by atoms with Crippen molar-refractivity contribution in [2.45, 2.75) is 12.5 Å². The quantitative estimate of drug-likeness (QED) is 0.797. The number of rotatable bonds is 2. The molecule has 2 heterocycles. The highest BCUT2D eigenvalue weighted by atomic mass is 16.5. The molecule has 3 rings (SSSR count). The molecule has 0 spiro atoms. The normalized spacial score (nSPS) is 25.6. The molecule has 4 nitrogen and oxygen atoms in total. The average molecular weight is 249 g/mol. The van der Waals surface area contributed by atoms with Crippen molar-refractivity contribution in [3.05, 3.63) is 36.4 Å². The van der Waals surface area contributed by atoms with Crippen LogP contribution in [0, 0.1) is 5.92 Å². The van der Waals surface area contributed by atoms with Crippen LogP contribution in [-0.4, -0.2) is 43.9 Å². The molecule has 0 radical (unpaired) electrons. The summed E-state index contributed by atoms with van der Waals surface area (Å²) in [5, 5.41) is 0. The molecule has 0 N–H and O–H groups in total. The van der Waals surface area contributed by atoms with Gasteiger partial charge in [0.2, 0.25) is 5.91 Å². The summed E-state index contributed by atoms with van der Waals surface area (Å²) in [7, 11) is 1.63. The van der Waals surface area contributed by atoms with Crippen LogP contribution in [0.4, 0.5) is 0 Å². The average Bonchev–Trinajstić information content (AvgIpc) is 2.98. The third-order valence-corrected chi connectivity index (χ3v) is 3.20. The number of ether oxygens (including phenoxy) is 2. The highest BCUT2D eigenvalue weighted by molar-refractivity contribution is 5.81. The zero-order valence-corrected chi connectivity index (χ0v) is 10.6. The molecule has 0 aliphatic carbocycles. The Balaban J connectivity index is 0.000000169. The maximum absolute atomic E-state index is 11.5. The Bertz CT molecular complexity index is 342. The van der Waals surface area contributed by atoms with Crippen LogP contribution >= 0.6 is 0 Å². The highest BCUT2D eigenvalue weighted by Gasteiger charge is 2.42. The van der Waals surface area contributed by atoms with Gasteiger partial charge in [0, 0.05) is 7.11 Å². The number of carbonyl (C=O) groups is 1. The first-order chi connectivity index (χ1) is 8.83.